The number of nitrogens with one attached hydrogen (secondary N) is 1. The minimum atomic E-state index is -0.397. The fraction of sp³-hybridized carbons (Fsp3) is 0.292. The second kappa shape index (κ2) is 9.55. The normalized spacial score (nSPS) is 13.8. The van der Waals surface area contributed by atoms with Crippen LogP contribution in [0.1, 0.15) is 65.3 Å². The molecule has 3 aromatic rings. The molecular formula is C24H24N4O4. The van der Waals surface area contributed by atoms with Gasteiger partial charge in [-0.2, -0.15) is 4.98 Å². The Morgan fingerprint density at radius 3 is 2.31 bits per heavy atom. The first-order valence-corrected chi connectivity index (χ1v) is 10.7. The number of aromatic nitrogens is 2. The Morgan fingerprint density at radius 1 is 0.969 bits per heavy atom. The molecule has 3 amide bonds. The molecule has 2 aromatic carbocycles. The Kier molecular flexibility index (Phi) is 6.39. The summed E-state index contributed by atoms with van der Waals surface area (Å²) in [6.45, 7) is 2.15. The van der Waals surface area contributed by atoms with Gasteiger partial charge in [-0.15, -0.1) is 0 Å². The van der Waals surface area contributed by atoms with Crippen molar-refractivity contribution in [2.24, 2.45) is 0 Å². The van der Waals surface area contributed by atoms with E-state index in [2.05, 4.69) is 15.5 Å². The lowest BCUT2D eigenvalue weighted by Gasteiger charge is -2.13. The van der Waals surface area contributed by atoms with Crippen molar-refractivity contribution in [2.75, 3.05) is 6.54 Å². The Bertz CT molecular complexity index is 1090. The monoisotopic (exact) mass is 432 g/mol. The van der Waals surface area contributed by atoms with E-state index in [1.54, 1.807) is 31.2 Å². The van der Waals surface area contributed by atoms with Gasteiger partial charge in [-0.1, -0.05) is 54.0 Å². The first-order chi connectivity index (χ1) is 15.5. The van der Waals surface area contributed by atoms with Gasteiger partial charge in [0.1, 0.15) is 6.04 Å². The Balaban J connectivity index is 1.18. The van der Waals surface area contributed by atoms with Gasteiger partial charge in [-0.3, -0.25) is 19.3 Å². The summed E-state index contributed by atoms with van der Waals surface area (Å²) in [5.74, 6) is 0.230. The van der Waals surface area contributed by atoms with Gasteiger partial charge in [0.2, 0.25) is 17.6 Å². The summed E-state index contributed by atoms with van der Waals surface area (Å²) in [6, 6.07) is 15.9. The van der Waals surface area contributed by atoms with E-state index in [1.165, 1.54) is 4.90 Å². The Labute approximate surface area is 185 Å². The zero-order valence-electron chi connectivity index (χ0n) is 17.8. The zero-order valence-corrected chi connectivity index (χ0v) is 17.8. The molecule has 0 spiro atoms. The highest BCUT2D eigenvalue weighted by molar-refractivity contribution is 6.21. The van der Waals surface area contributed by atoms with E-state index < -0.39 is 6.04 Å². The molecule has 1 aromatic heterocycles. The molecule has 8 heteroatoms. The molecule has 8 nitrogen and oxygen atoms in total. The topological polar surface area (TPSA) is 105 Å². The predicted molar refractivity (Wildman–Crippen MR) is 117 cm³/mol. The van der Waals surface area contributed by atoms with Gasteiger partial charge in [-0.05, 0) is 31.9 Å². The van der Waals surface area contributed by atoms with Gasteiger partial charge in [-0.25, -0.2) is 0 Å². The summed E-state index contributed by atoms with van der Waals surface area (Å²) in [4.78, 5) is 42.6. The average Bonchev–Trinajstić information content (AvgIpc) is 3.39. The molecule has 1 aliphatic rings. The zero-order chi connectivity index (χ0) is 22.5. The number of nitrogens with zero attached hydrogens (tertiary/aromatic N) is 3. The van der Waals surface area contributed by atoms with Crippen LogP contribution in [0.15, 0.2) is 59.1 Å². The number of hydrogen-bond donors (Lipinski definition) is 1. The maximum atomic E-state index is 12.3. The molecule has 0 radical (unpaired) electrons. The summed E-state index contributed by atoms with van der Waals surface area (Å²) in [5, 5.41) is 6.83. The van der Waals surface area contributed by atoms with Crippen LogP contribution in [0.3, 0.4) is 0 Å². The standard InChI is InChI=1S/C24H24N4O4/c1-16(22-26-21(27-32-22)17-10-4-2-5-11-17)25-20(29)14-6-3-9-15-28-23(30)18-12-7-8-13-19(18)24(28)31/h2,4-5,7-8,10-13,16H,3,6,9,14-15H2,1H3,(H,25,29)/t16-/m0/s1. The summed E-state index contributed by atoms with van der Waals surface area (Å²) >= 11 is 0. The fourth-order valence-corrected chi connectivity index (χ4v) is 3.67. The second-order valence-electron chi connectivity index (χ2n) is 7.73. The Hall–Kier alpha value is -3.81. The number of amides is 3. The van der Waals surface area contributed by atoms with Crippen LogP contribution in [0, 0.1) is 0 Å². The molecule has 4 rings (SSSR count). The lowest BCUT2D eigenvalue weighted by Crippen LogP contribution is -2.30. The van der Waals surface area contributed by atoms with Crippen LogP contribution in [-0.2, 0) is 4.79 Å². The number of hydrogen-bond acceptors (Lipinski definition) is 6. The van der Waals surface area contributed by atoms with E-state index >= 15 is 0 Å². The van der Waals surface area contributed by atoms with Crippen LogP contribution >= 0.6 is 0 Å². The quantitative estimate of drug-likeness (QED) is 0.408. The molecule has 32 heavy (non-hydrogen) atoms. The maximum absolute atomic E-state index is 12.3. The molecule has 0 bridgehead atoms. The van der Waals surface area contributed by atoms with Crippen molar-refractivity contribution in [3.63, 3.8) is 0 Å². The molecule has 0 aliphatic carbocycles. The number of benzene rings is 2. The fourth-order valence-electron chi connectivity index (χ4n) is 3.67. The molecule has 0 unspecified atom stereocenters. The van der Waals surface area contributed by atoms with Crippen molar-refractivity contribution < 1.29 is 18.9 Å². The van der Waals surface area contributed by atoms with Crippen LogP contribution in [0.2, 0.25) is 0 Å². The molecule has 1 atom stereocenters. The highest BCUT2D eigenvalue weighted by Gasteiger charge is 2.34. The van der Waals surface area contributed by atoms with Crippen molar-refractivity contribution in [2.45, 2.75) is 38.6 Å². The molecule has 164 valence electrons. The lowest BCUT2D eigenvalue weighted by atomic mass is 10.1. The van der Waals surface area contributed by atoms with Gasteiger partial charge < -0.3 is 9.84 Å². The van der Waals surface area contributed by atoms with Crippen molar-refractivity contribution in [1.29, 1.82) is 0 Å². The summed E-state index contributed by atoms with van der Waals surface area (Å²) in [6.07, 6.45) is 2.37. The maximum Gasteiger partial charge on any atom is 0.261 e. The molecule has 1 N–H and O–H groups in total. The van der Waals surface area contributed by atoms with Crippen LogP contribution in [0.4, 0.5) is 0 Å². The van der Waals surface area contributed by atoms with E-state index in [1.807, 2.05) is 30.3 Å². The molecule has 0 saturated carbocycles. The summed E-state index contributed by atoms with van der Waals surface area (Å²) < 4.78 is 5.28. The lowest BCUT2D eigenvalue weighted by molar-refractivity contribution is -0.122. The predicted octanol–water partition coefficient (Wildman–Crippen LogP) is 3.77. The molecule has 1 aliphatic heterocycles. The van der Waals surface area contributed by atoms with Crippen LogP contribution in [0.25, 0.3) is 11.4 Å². The number of carbonyl (C=O) groups is 3. The Morgan fingerprint density at radius 2 is 1.62 bits per heavy atom. The molecule has 2 heterocycles. The van der Waals surface area contributed by atoms with Gasteiger partial charge in [0.05, 0.1) is 11.1 Å². The molecular weight excluding hydrogens is 408 g/mol. The van der Waals surface area contributed by atoms with Crippen molar-refractivity contribution in [3.05, 3.63) is 71.6 Å². The third kappa shape index (κ3) is 4.59. The van der Waals surface area contributed by atoms with Gasteiger partial charge in [0, 0.05) is 18.5 Å². The van der Waals surface area contributed by atoms with E-state index in [0.29, 0.717) is 48.6 Å². The van der Waals surface area contributed by atoms with Crippen LogP contribution < -0.4 is 5.32 Å². The highest BCUT2D eigenvalue weighted by atomic mass is 16.5. The average molecular weight is 432 g/mol. The number of unbranched alkanes of at least 4 members (excludes halogenated alkanes) is 2. The summed E-state index contributed by atoms with van der Waals surface area (Å²) in [5.41, 5.74) is 1.77. The first-order valence-electron chi connectivity index (χ1n) is 10.7. The second-order valence-corrected chi connectivity index (χ2v) is 7.73. The van der Waals surface area contributed by atoms with Crippen molar-refractivity contribution in [3.8, 4) is 11.4 Å². The molecule has 0 fully saturated rings. The van der Waals surface area contributed by atoms with Crippen LogP contribution in [0.5, 0.6) is 0 Å². The highest BCUT2D eigenvalue weighted by Crippen LogP contribution is 2.23. The third-order valence-electron chi connectivity index (χ3n) is 5.39. The minimum Gasteiger partial charge on any atom is -0.345 e. The number of fused-ring (bicyclic) bond motifs is 1. The largest absolute Gasteiger partial charge is 0.345 e. The van der Waals surface area contributed by atoms with E-state index in [4.69, 9.17) is 4.52 Å². The SMILES string of the molecule is C[C@H](NC(=O)CCCCCN1C(=O)c2ccccc2C1=O)c1nc(-c2ccccc2)no1. The van der Waals surface area contributed by atoms with E-state index in [-0.39, 0.29) is 17.7 Å². The first kappa shape index (κ1) is 21.4. The van der Waals surface area contributed by atoms with Crippen LogP contribution in [-0.4, -0.2) is 39.3 Å². The van der Waals surface area contributed by atoms with Gasteiger partial charge >= 0.3 is 0 Å². The minimum absolute atomic E-state index is 0.113. The van der Waals surface area contributed by atoms with Crippen molar-refractivity contribution in [1.82, 2.24) is 20.4 Å². The van der Waals surface area contributed by atoms with Gasteiger partial charge in [0.15, 0.2) is 0 Å². The van der Waals surface area contributed by atoms with Gasteiger partial charge in [0.25, 0.3) is 11.8 Å². The molecule has 0 saturated heterocycles. The van der Waals surface area contributed by atoms with E-state index in [0.717, 1.165) is 12.0 Å². The number of imide groups is 1. The van der Waals surface area contributed by atoms with E-state index in [9.17, 15) is 14.4 Å². The number of rotatable bonds is 9. The smallest absolute Gasteiger partial charge is 0.261 e. The number of carbonyl (C=O) groups excluding carboxylic acids is 3. The third-order valence-corrected chi connectivity index (χ3v) is 5.39. The van der Waals surface area contributed by atoms with Crippen molar-refractivity contribution >= 4 is 17.7 Å². The summed E-state index contributed by atoms with van der Waals surface area (Å²) in [7, 11) is 0.